The molecule has 1 aromatic carbocycles. The number of rotatable bonds is 6. The second-order valence-corrected chi connectivity index (χ2v) is 5.63. The molecule has 2 aromatic rings. The Morgan fingerprint density at radius 3 is 2.95 bits per heavy atom. The first-order valence-electron chi connectivity index (χ1n) is 7.72. The molecule has 0 bridgehead atoms. The average Bonchev–Trinajstić information content (AvgIpc) is 3.07. The summed E-state index contributed by atoms with van der Waals surface area (Å²) >= 11 is 0. The zero-order valence-corrected chi connectivity index (χ0v) is 12.6. The van der Waals surface area contributed by atoms with Crippen LogP contribution in [-0.2, 0) is 11.3 Å². The summed E-state index contributed by atoms with van der Waals surface area (Å²) in [7, 11) is 0. The van der Waals surface area contributed by atoms with E-state index in [1.54, 1.807) is 10.9 Å². The minimum absolute atomic E-state index is 0.129. The van der Waals surface area contributed by atoms with Crippen molar-refractivity contribution in [2.45, 2.75) is 25.2 Å². The zero-order chi connectivity index (χ0) is 15.2. The van der Waals surface area contributed by atoms with E-state index in [0.717, 1.165) is 44.8 Å². The maximum atomic E-state index is 10.2. The molecule has 22 heavy (non-hydrogen) atoms. The van der Waals surface area contributed by atoms with Crippen LogP contribution in [0.1, 0.15) is 18.1 Å². The van der Waals surface area contributed by atoms with Gasteiger partial charge in [-0.1, -0.05) is 35.5 Å². The maximum Gasteiger partial charge on any atom is 0.0898 e. The van der Waals surface area contributed by atoms with Gasteiger partial charge in [0, 0.05) is 25.8 Å². The number of aliphatic hydroxyl groups excluding tert-OH is 1. The molecule has 0 aliphatic carbocycles. The minimum Gasteiger partial charge on any atom is -0.388 e. The number of ether oxygens (including phenoxy) is 1. The lowest BCUT2D eigenvalue weighted by molar-refractivity contribution is -0.0408. The van der Waals surface area contributed by atoms with Crippen LogP contribution < -0.4 is 0 Å². The van der Waals surface area contributed by atoms with Crippen molar-refractivity contribution in [3.05, 3.63) is 48.3 Å². The van der Waals surface area contributed by atoms with Gasteiger partial charge in [0.25, 0.3) is 0 Å². The van der Waals surface area contributed by atoms with Crippen LogP contribution in [0.25, 0.3) is 0 Å². The minimum atomic E-state index is -0.405. The molecule has 0 spiro atoms. The Morgan fingerprint density at radius 2 is 2.18 bits per heavy atom. The van der Waals surface area contributed by atoms with Crippen molar-refractivity contribution in [1.29, 1.82) is 0 Å². The van der Waals surface area contributed by atoms with E-state index < -0.39 is 6.10 Å². The lowest BCUT2D eigenvalue weighted by Crippen LogP contribution is -2.44. The summed E-state index contributed by atoms with van der Waals surface area (Å²) in [6.45, 7) is 4.09. The van der Waals surface area contributed by atoms with Crippen LogP contribution in [0.5, 0.6) is 0 Å². The molecule has 6 heteroatoms. The first kappa shape index (κ1) is 15.1. The standard InChI is InChI=1S/C16H22N4O2/c21-16(14-4-2-1-3-5-14)6-8-19-10-11-22-15(12-19)13-20-9-7-17-18-20/h1-5,7,9,15-16,21H,6,8,10-13H2/t15?,16-/m1/s1. The van der Waals surface area contributed by atoms with Crippen molar-refractivity contribution < 1.29 is 9.84 Å². The largest absolute Gasteiger partial charge is 0.388 e. The predicted molar refractivity (Wildman–Crippen MR) is 82.2 cm³/mol. The molecule has 0 radical (unpaired) electrons. The molecular weight excluding hydrogens is 280 g/mol. The fourth-order valence-corrected chi connectivity index (χ4v) is 2.78. The number of aliphatic hydroxyl groups is 1. The summed E-state index contributed by atoms with van der Waals surface area (Å²) in [5.74, 6) is 0. The Kier molecular flexibility index (Phi) is 5.15. The van der Waals surface area contributed by atoms with E-state index in [2.05, 4.69) is 15.2 Å². The zero-order valence-electron chi connectivity index (χ0n) is 12.6. The second kappa shape index (κ2) is 7.49. The van der Waals surface area contributed by atoms with E-state index in [4.69, 9.17) is 4.74 Å². The van der Waals surface area contributed by atoms with E-state index in [-0.39, 0.29) is 6.10 Å². The van der Waals surface area contributed by atoms with E-state index in [1.807, 2.05) is 36.5 Å². The average molecular weight is 302 g/mol. The molecule has 118 valence electrons. The number of nitrogens with zero attached hydrogens (tertiary/aromatic N) is 4. The molecule has 3 rings (SSSR count). The summed E-state index contributed by atoms with van der Waals surface area (Å²) in [5, 5.41) is 18.0. The lowest BCUT2D eigenvalue weighted by atomic mass is 10.1. The molecule has 1 saturated heterocycles. The highest BCUT2D eigenvalue weighted by Gasteiger charge is 2.21. The predicted octanol–water partition coefficient (Wildman–Crippen LogP) is 1.10. The van der Waals surface area contributed by atoms with Gasteiger partial charge < -0.3 is 9.84 Å². The summed E-state index contributed by atoms with van der Waals surface area (Å²) in [4.78, 5) is 2.34. The third-order valence-electron chi connectivity index (χ3n) is 3.99. The normalized spacial score (nSPS) is 20.9. The van der Waals surface area contributed by atoms with E-state index in [1.165, 1.54) is 0 Å². The topological polar surface area (TPSA) is 63.4 Å². The van der Waals surface area contributed by atoms with Gasteiger partial charge in [0.05, 0.1) is 31.6 Å². The first-order chi connectivity index (χ1) is 10.8. The molecular formula is C16H22N4O2. The SMILES string of the molecule is O[C@H](CCN1CCOC(Cn2ccnn2)C1)c1ccccc1. The van der Waals surface area contributed by atoms with E-state index >= 15 is 0 Å². The Bertz CT molecular complexity index is 547. The molecule has 0 saturated carbocycles. The molecule has 1 fully saturated rings. The van der Waals surface area contributed by atoms with Crippen molar-refractivity contribution in [1.82, 2.24) is 19.9 Å². The molecule has 1 unspecified atom stereocenters. The Labute approximate surface area is 130 Å². The summed E-state index contributed by atoms with van der Waals surface area (Å²) in [5.41, 5.74) is 0.981. The molecule has 2 heterocycles. The highest BCUT2D eigenvalue weighted by molar-refractivity contribution is 5.17. The Balaban J connectivity index is 1.46. The van der Waals surface area contributed by atoms with Gasteiger partial charge in [-0.2, -0.15) is 0 Å². The third kappa shape index (κ3) is 4.13. The first-order valence-corrected chi connectivity index (χ1v) is 7.72. The lowest BCUT2D eigenvalue weighted by Gasteiger charge is -2.33. The third-order valence-corrected chi connectivity index (χ3v) is 3.99. The fourth-order valence-electron chi connectivity index (χ4n) is 2.78. The monoisotopic (exact) mass is 302 g/mol. The number of benzene rings is 1. The van der Waals surface area contributed by atoms with Gasteiger partial charge in [0.15, 0.2) is 0 Å². The van der Waals surface area contributed by atoms with Crippen LogP contribution in [0.4, 0.5) is 0 Å². The van der Waals surface area contributed by atoms with Crippen molar-refractivity contribution in [3.63, 3.8) is 0 Å². The van der Waals surface area contributed by atoms with E-state index in [9.17, 15) is 5.11 Å². The van der Waals surface area contributed by atoms with Crippen LogP contribution in [0.15, 0.2) is 42.7 Å². The Morgan fingerprint density at radius 1 is 1.32 bits per heavy atom. The molecule has 2 atom stereocenters. The van der Waals surface area contributed by atoms with Crippen LogP contribution >= 0.6 is 0 Å². The van der Waals surface area contributed by atoms with Crippen LogP contribution in [0.3, 0.4) is 0 Å². The highest BCUT2D eigenvalue weighted by atomic mass is 16.5. The van der Waals surface area contributed by atoms with Gasteiger partial charge in [-0.3, -0.25) is 4.90 Å². The highest BCUT2D eigenvalue weighted by Crippen LogP contribution is 2.17. The summed E-state index contributed by atoms with van der Waals surface area (Å²) in [6.07, 6.45) is 3.99. The fraction of sp³-hybridized carbons (Fsp3) is 0.500. The van der Waals surface area contributed by atoms with Gasteiger partial charge in [-0.15, -0.1) is 5.10 Å². The number of hydrogen-bond donors (Lipinski definition) is 1. The number of hydrogen-bond acceptors (Lipinski definition) is 5. The van der Waals surface area contributed by atoms with Crippen molar-refractivity contribution in [3.8, 4) is 0 Å². The Hall–Kier alpha value is -1.76. The van der Waals surface area contributed by atoms with Gasteiger partial charge in [0.2, 0.25) is 0 Å². The summed E-state index contributed by atoms with van der Waals surface area (Å²) < 4.78 is 7.58. The molecule has 1 aliphatic heterocycles. The van der Waals surface area contributed by atoms with Crippen molar-refractivity contribution in [2.75, 3.05) is 26.2 Å². The van der Waals surface area contributed by atoms with Crippen LogP contribution in [-0.4, -0.2) is 57.3 Å². The number of aromatic nitrogens is 3. The molecule has 1 aromatic heterocycles. The molecule has 0 amide bonds. The van der Waals surface area contributed by atoms with Gasteiger partial charge >= 0.3 is 0 Å². The van der Waals surface area contributed by atoms with E-state index in [0.29, 0.717) is 0 Å². The van der Waals surface area contributed by atoms with Gasteiger partial charge in [-0.25, -0.2) is 4.68 Å². The van der Waals surface area contributed by atoms with Gasteiger partial charge in [0.1, 0.15) is 0 Å². The van der Waals surface area contributed by atoms with Crippen molar-refractivity contribution in [2.24, 2.45) is 0 Å². The molecule has 1 aliphatic rings. The van der Waals surface area contributed by atoms with Crippen molar-refractivity contribution >= 4 is 0 Å². The van der Waals surface area contributed by atoms with Crippen LogP contribution in [0.2, 0.25) is 0 Å². The number of morpholine rings is 1. The van der Waals surface area contributed by atoms with Crippen LogP contribution in [0, 0.1) is 0 Å². The van der Waals surface area contributed by atoms with Gasteiger partial charge in [-0.05, 0) is 12.0 Å². The second-order valence-electron chi connectivity index (χ2n) is 5.63. The molecule has 1 N–H and O–H groups in total. The maximum absolute atomic E-state index is 10.2. The smallest absolute Gasteiger partial charge is 0.0898 e. The quantitative estimate of drug-likeness (QED) is 0.866. The molecule has 6 nitrogen and oxygen atoms in total. The summed E-state index contributed by atoms with van der Waals surface area (Å²) in [6, 6.07) is 9.82.